The van der Waals surface area contributed by atoms with E-state index in [-0.39, 0.29) is 36.0 Å². The van der Waals surface area contributed by atoms with E-state index in [4.69, 9.17) is 14.5 Å². The third-order valence-electron chi connectivity index (χ3n) is 7.92. The molecule has 1 fully saturated rings. The van der Waals surface area contributed by atoms with Gasteiger partial charge >= 0.3 is 0 Å². The number of nitrogens with zero attached hydrogens (tertiary/aromatic N) is 6. The summed E-state index contributed by atoms with van der Waals surface area (Å²) in [5.74, 6) is 1.35. The zero-order valence-electron chi connectivity index (χ0n) is 28.2. The van der Waals surface area contributed by atoms with Crippen molar-refractivity contribution in [3.63, 3.8) is 0 Å². The molecule has 0 unspecified atom stereocenters. The molecule has 0 atom stereocenters. The van der Waals surface area contributed by atoms with Gasteiger partial charge < -0.3 is 14.4 Å². The molecule has 0 aliphatic carbocycles. The van der Waals surface area contributed by atoms with E-state index in [1.54, 1.807) is 34.5 Å². The molecule has 0 spiro atoms. The molecule has 1 saturated heterocycles. The second-order valence-electron chi connectivity index (χ2n) is 11.6. The number of hydrogen-bond acceptors (Lipinski definition) is 8. The molecule has 3 aromatic rings. The third kappa shape index (κ3) is 7.97. The van der Waals surface area contributed by atoms with Crippen molar-refractivity contribution in [1.82, 2.24) is 28.5 Å². The van der Waals surface area contributed by atoms with Crippen LogP contribution in [-0.2, 0) is 34.8 Å². The second kappa shape index (κ2) is 15.7. The summed E-state index contributed by atoms with van der Waals surface area (Å²) in [4.78, 5) is 21.3. The molecule has 0 radical (unpaired) electrons. The van der Waals surface area contributed by atoms with Crippen molar-refractivity contribution < 1.29 is 17.9 Å². The maximum Gasteiger partial charge on any atom is 0.280 e. The number of rotatable bonds is 14. The highest BCUT2D eigenvalue weighted by Gasteiger charge is 2.31. The van der Waals surface area contributed by atoms with E-state index in [0.29, 0.717) is 55.0 Å². The van der Waals surface area contributed by atoms with Gasteiger partial charge in [-0.1, -0.05) is 44.1 Å². The van der Waals surface area contributed by atoms with E-state index in [2.05, 4.69) is 36.0 Å². The highest BCUT2D eigenvalue weighted by Crippen LogP contribution is 2.32. The van der Waals surface area contributed by atoms with Crippen LogP contribution in [0.25, 0.3) is 22.4 Å². The molecule has 1 aliphatic rings. The SMILES string of the molecule is CC\C=C/C(C)=C\C=C(/C)OCCn1c(-c2ccc(S(=O)(=O)N3CCN(C)CC3)c(OCC)c2)nc2c(CCC)nn(C)c2c1=O. The van der Waals surface area contributed by atoms with Gasteiger partial charge in [-0.3, -0.25) is 14.0 Å². The number of hydrogen-bond donors (Lipinski definition) is 0. The molecule has 11 nitrogen and oxygen atoms in total. The standard InChI is InChI=1S/C34H48N6O5S/c1-8-11-13-25(4)14-15-26(5)45-23-22-40-33(35-31-28(12-9-2)36-38(7)32(31)34(40)41)27-16-17-30(29(24-27)44-10-3)46(42,43)39-20-18-37(6)19-21-39/h11,13-17,24H,8-10,12,18-23H2,1-7H3/b13-11-,25-14-,26-15+. The van der Waals surface area contributed by atoms with Gasteiger partial charge in [0.25, 0.3) is 5.56 Å². The van der Waals surface area contributed by atoms with Crippen LogP contribution in [0.5, 0.6) is 5.75 Å². The number of aromatic nitrogens is 4. The van der Waals surface area contributed by atoms with Crippen LogP contribution in [0.3, 0.4) is 0 Å². The van der Waals surface area contributed by atoms with E-state index in [9.17, 15) is 13.2 Å². The predicted octanol–water partition coefficient (Wildman–Crippen LogP) is 4.92. The first-order valence-corrected chi connectivity index (χ1v) is 17.5. The second-order valence-corrected chi connectivity index (χ2v) is 13.5. The minimum absolute atomic E-state index is 0.104. The average Bonchev–Trinajstić information content (AvgIpc) is 3.34. The fourth-order valence-corrected chi connectivity index (χ4v) is 6.93. The lowest BCUT2D eigenvalue weighted by Gasteiger charge is -2.32. The first kappa shape index (κ1) is 35.1. The fourth-order valence-electron chi connectivity index (χ4n) is 5.40. The van der Waals surface area contributed by atoms with Gasteiger partial charge in [0.15, 0.2) is 5.52 Å². The minimum Gasteiger partial charge on any atom is -0.496 e. The van der Waals surface area contributed by atoms with Gasteiger partial charge in [0.1, 0.15) is 28.6 Å². The molecule has 0 amide bonds. The summed E-state index contributed by atoms with van der Waals surface area (Å²) in [5.41, 5.74) is 3.15. The molecule has 4 rings (SSSR count). The van der Waals surface area contributed by atoms with E-state index < -0.39 is 10.0 Å². The summed E-state index contributed by atoms with van der Waals surface area (Å²) in [5, 5.41) is 4.61. The zero-order valence-corrected chi connectivity index (χ0v) is 29.1. The molecule has 250 valence electrons. The lowest BCUT2D eigenvalue weighted by atomic mass is 10.1. The highest BCUT2D eigenvalue weighted by molar-refractivity contribution is 7.89. The topological polar surface area (TPSA) is 112 Å². The minimum atomic E-state index is -3.80. The fraction of sp³-hybridized carbons (Fsp3) is 0.500. The van der Waals surface area contributed by atoms with Crippen LogP contribution in [0.4, 0.5) is 0 Å². The van der Waals surface area contributed by atoms with Crippen LogP contribution in [0.2, 0.25) is 0 Å². The van der Waals surface area contributed by atoms with Gasteiger partial charge in [-0.2, -0.15) is 9.40 Å². The van der Waals surface area contributed by atoms with Gasteiger partial charge in [0.05, 0.1) is 24.6 Å². The molecular weight excluding hydrogens is 604 g/mol. The number of ether oxygens (including phenoxy) is 2. The summed E-state index contributed by atoms with van der Waals surface area (Å²) in [7, 11) is -0.0618. The summed E-state index contributed by atoms with van der Waals surface area (Å²) < 4.78 is 44.0. The molecule has 12 heteroatoms. The summed E-state index contributed by atoms with van der Waals surface area (Å²) in [6, 6.07) is 4.95. The Morgan fingerprint density at radius 1 is 1.04 bits per heavy atom. The van der Waals surface area contributed by atoms with Crippen LogP contribution in [0.15, 0.2) is 63.5 Å². The lowest BCUT2D eigenvalue weighted by Crippen LogP contribution is -2.47. The van der Waals surface area contributed by atoms with E-state index in [1.165, 1.54) is 4.31 Å². The van der Waals surface area contributed by atoms with Crippen LogP contribution in [-0.4, -0.2) is 83.4 Å². The number of sulfonamides is 1. The zero-order chi connectivity index (χ0) is 33.4. The van der Waals surface area contributed by atoms with Crippen molar-refractivity contribution in [2.45, 2.75) is 65.3 Å². The Kier molecular flexibility index (Phi) is 12.0. The molecule has 2 aromatic heterocycles. The van der Waals surface area contributed by atoms with E-state index in [1.807, 2.05) is 40.0 Å². The summed E-state index contributed by atoms with van der Waals surface area (Å²) >= 11 is 0. The number of fused-ring (bicyclic) bond motifs is 1. The summed E-state index contributed by atoms with van der Waals surface area (Å²) in [6.45, 7) is 12.7. The van der Waals surface area contributed by atoms with Gasteiger partial charge in [0.2, 0.25) is 10.0 Å². The van der Waals surface area contributed by atoms with Crippen molar-refractivity contribution in [2.24, 2.45) is 7.05 Å². The Morgan fingerprint density at radius 2 is 1.78 bits per heavy atom. The number of allylic oxidation sites excluding steroid dienone is 6. The Morgan fingerprint density at radius 3 is 2.46 bits per heavy atom. The third-order valence-corrected chi connectivity index (χ3v) is 9.86. The first-order valence-electron chi connectivity index (χ1n) is 16.1. The molecule has 1 aromatic carbocycles. The average molecular weight is 653 g/mol. The molecule has 46 heavy (non-hydrogen) atoms. The Balaban J connectivity index is 1.77. The van der Waals surface area contributed by atoms with Gasteiger partial charge in [0, 0.05) is 38.8 Å². The monoisotopic (exact) mass is 652 g/mol. The van der Waals surface area contributed by atoms with Gasteiger partial charge in [-0.25, -0.2) is 13.4 Å². The highest BCUT2D eigenvalue weighted by atomic mass is 32.2. The van der Waals surface area contributed by atoms with Gasteiger partial charge in [-0.15, -0.1) is 0 Å². The number of benzene rings is 1. The largest absolute Gasteiger partial charge is 0.496 e. The van der Waals surface area contributed by atoms with E-state index >= 15 is 0 Å². The van der Waals surface area contributed by atoms with Crippen molar-refractivity contribution >= 4 is 21.1 Å². The van der Waals surface area contributed by atoms with Crippen molar-refractivity contribution in [1.29, 1.82) is 0 Å². The van der Waals surface area contributed by atoms with Crippen molar-refractivity contribution in [3.8, 4) is 17.1 Å². The Bertz CT molecular complexity index is 1780. The lowest BCUT2D eigenvalue weighted by molar-refractivity contribution is 0.201. The van der Waals surface area contributed by atoms with Crippen LogP contribution in [0, 0.1) is 0 Å². The number of likely N-dealkylation sites (N-methyl/N-ethyl adjacent to an activating group) is 1. The maximum atomic E-state index is 14.1. The number of piperazine rings is 1. The quantitative estimate of drug-likeness (QED) is 0.178. The van der Waals surface area contributed by atoms with Crippen molar-refractivity contribution in [2.75, 3.05) is 46.4 Å². The molecular formula is C34H48N6O5S. The molecule has 0 bridgehead atoms. The van der Waals surface area contributed by atoms with Crippen LogP contribution < -0.4 is 10.3 Å². The molecule has 3 heterocycles. The predicted molar refractivity (Wildman–Crippen MR) is 183 cm³/mol. The Hall–Kier alpha value is -3.74. The van der Waals surface area contributed by atoms with Crippen molar-refractivity contribution in [3.05, 3.63) is 69.9 Å². The molecule has 0 saturated carbocycles. The first-order chi connectivity index (χ1) is 22.0. The normalized spacial score (nSPS) is 15.7. The van der Waals surface area contributed by atoms with Crippen LogP contribution >= 0.6 is 0 Å². The Labute approximate surface area is 272 Å². The smallest absolute Gasteiger partial charge is 0.280 e. The molecule has 0 N–H and O–H groups in total. The van der Waals surface area contributed by atoms with Gasteiger partial charge in [-0.05, 0) is 64.9 Å². The summed E-state index contributed by atoms with van der Waals surface area (Å²) in [6.07, 6.45) is 10.6. The van der Waals surface area contributed by atoms with Crippen LogP contribution in [0.1, 0.15) is 53.2 Å². The maximum absolute atomic E-state index is 14.1. The van der Waals surface area contributed by atoms with E-state index in [0.717, 1.165) is 29.9 Å². The molecule has 1 aliphatic heterocycles. The number of aryl methyl sites for hydroxylation is 2.